The Morgan fingerprint density at radius 1 is 1.30 bits per heavy atom. The van der Waals surface area contributed by atoms with Crippen LogP contribution in [0, 0.1) is 0 Å². The maximum Gasteiger partial charge on any atom is 0.233 e. The molecule has 20 heavy (non-hydrogen) atoms. The minimum Gasteiger partial charge on any atom is -0.480 e. The van der Waals surface area contributed by atoms with Crippen LogP contribution in [0.25, 0.3) is 0 Å². The van der Waals surface area contributed by atoms with Gasteiger partial charge >= 0.3 is 0 Å². The lowest BCUT2D eigenvalue weighted by Gasteiger charge is -2.17. The van der Waals surface area contributed by atoms with Crippen LogP contribution in [0.4, 0.5) is 0 Å². The number of likely N-dealkylation sites (N-methyl/N-ethyl adjacent to an activating group) is 1. The molecule has 2 rings (SSSR count). The molecule has 2 aromatic heterocycles. The minimum absolute atomic E-state index is 0.106. The van der Waals surface area contributed by atoms with E-state index in [0.717, 1.165) is 28.7 Å². The summed E-state index contributed by atoms with van der Waals surface area (Å²) >= 11 is 3.44. The molecule has 0 saturated carbocycles. The van der Waals surface area contributed by atoms with Crippen molar-refractivity contribution in [2.24, 2.45) is 0 Å². The van der Waals surface area contributed by atoms with Gasteiger partial charge in [0.1, 0.15) is 0 Å². The molecular weight excluding hydrogens is 320 g/mol. The number of hydrogen-bond acceptors (Lipinski definition) is 5. The van der Waals surface area contributed by atoms with Gasteiger partial charge < -0.3 is 10.1 Å². The topological polar surface area (TPSA) is 59.9 Å². The summed E-state index contributed by atoms with van der Waals surface area (Å²) in [6, 6.07) is 5.93. The number of methoxy groups -OCH3 is 1. The van der Waals surface area contributed by atoms with Crippen molar-refractivity contribution in [1.29, 1.82) is 0 Å². The van der Waals surface area contributed by atoms with Crippen LogP contribution in [-0.2, 0) is 6.42 Å². The number of halogens is 1. The SMILES string of the molecule is CCNC(Cc1cncc(Br)c1)c1ccc(OC)nn1. The Bertz CT molecular complexity index is 547. The fraction of sp³-hybridized carbons (Fsp3) is 0.357. The zero-order valence-corrected chi connectivity index (χ0v) is 13.1. The second-order valence-electron chi connectivity index (χ2n) is 4.33. The summed E-state index contributed by atoms with van der Waals surface area (Å²) in [6.07, 6.45) is 4.45. The van der Waals surface area contributed by atoms with Gasteiger partial charge in [0.15, 0.2) is 0 Å². The molecule has 0 fully saturated rings. The lowest BCUT2D eigenvalue weighted by Crippen LogP contribution is -2.24. The van der Waals surface area contributed by atoms with Crippen LogP contribution in [-0.4, -0.2) is 28.8 Å². The molecule has 0 amide bonds. The Kier molecular flexibility index (Phi) is 5.43. The van der Waals surface area contributed by atoms with Crippen molar-refractivity contribution in [2.75, 3.05) is 13.7 Å². The summed E-state index contributed by atoms with van der Waals surface area (Å²) in [4.78, 5) is 4.19. The third kappa shape index (κ3) is 3.98. The third-order valence-corrected chi connectivity index (χ3v) is 3.31. The van der Waals surface area contributed by atoms with E-state index in [1.165, 1.54) is 0 Å². The first kappa shape index (κ1) is 14.9. The Labute approximate surface area is 126 Å². The number of pyridine rings is 1. The third-order valence-electron chi connectivity index (χ3n) is 2.88. The van der Waals surface area contributed by atoms with Crippen LogP contribution in [0.15, 0.2) is 35.1 Å². The standard InChI is InChI=1S/C14H17BrN4O/c1-3-17-13(7-10-6-11(15)9-16-8-10)12-4-5-14(20-2)19-18-12/h4-6,8-9,13,17H,3,7H2,1-2H3. The molecule has 0 saturated heterocycles. The van der Waals surface area contributed by atoms with E-state index in [4.69, 9.17) is 4.74 Å². The highest BCUT2D eigenvalue weighted by atomic mass is 79.9. The minimum atomic E-state index is 0.106. The van der Waals surface area contributed by atoms with Gasteiger partial charge in [-0.2, -0.15) is 5.10 Å². The zero-order chi connectivity index (χ0) is 14.4. The second-order valence-corrected chi connectivity index (χ2v) is 5.24. The molecule has 0 aliphatic heterocycles. The summed E-state index contributed by atoms with van der Waals surface area (Å²) in [5.41, 5.74) is 2.04. The average Bonchev–Trinajstić information content (AvgIpc) is 2.47. The molecule has 0 spiro atoms. The quantitative estimate of drug-likeness (QED) is 0.878. The van der Waals surface area contributed by atoms with Crippen molar-refractivity contribution in [3.05, 3.63) is 46.3 Å². The van der Waals surface area contributed by atoms with E-state index in [1.54, 1.807) is 13.3 Å². The Balaban J connectivity index is 2.17. The molecule has 1 N–H and O–H groups in total. The van der Waals surface area contributed by atoms with Gasteiger partial charge in [-0.3, -0.25) is 4.98 Å². The van der Waals surface area contributed by atoms with E-state index in [9.17, 15) is 0 Å². The van der Waals surface area contributed by atoms with Gasteiger partial charge in [0, 0.05) is 22.9 Å². The Hall–Kier alpha value is -1.53. The summed E-state index contributed by atoms with van der Waals surface area (Å²) in [5.74, 6) is 0.521. The summed E-state index contributed by atoms with van der Waals surface area (Å²) < 4.78 is 6.01. The maximum absolute atomic E-state index is 5.03. The fourth-order valence-corrected chi connectivity index (χ4v) is 2.37. The summed E-state index contributed by atoms with van der Waals surface area (Å²) in [5, 5.41) is 11.7. The molecule has 0 aliphatic rings. The van der Waals surface area contributed by atoms with E-state index in [1.807, 2.05) is 18.3 Å². The van der Waals surface area contributed by atoms with Crippen LogP contribution in [0.3, 0.4) is 0 Å². The first-order valence-corrected chi connectivity index (χ1v) is 7.22. The van der Waals surface area contributed by atoms with Gasteiger partial charge in [-0.1, -0.05) is 6.92 Å². The maximum atomic E-state index is 5.03. The van der Waals surface area contributed by atoms with E-state index in [2.05, 4.69) is 49.4 Å². The first-order chi connectivity index (χ1) is 9.72. The van der Waals surface area contributed by atoms with Crippen molar-refractivity contribution in [1.82, 2.24) is 20.5 Å². The fourth-order valence-electron chi connectivity index (χ4n) is 1.96. The van der Waals surface area contributed by atoms with Crippen LogP contribution < -0.4 is 10.1 Å². The lowest BCUT2D eigenvalue weighted by atomic mass is 10.0. The number of hydrogen-bond donors (Lipinski definition) is 1. The molecule has 2 aromatic rings. The Morgan fingerprint density at radius 2 is 2.15 bits per heavy atom. The molecule has 0 aliphatic carbocycles. The molecule has 5 nitrogen and oxygen atoms in total. The molecule has 6 heteroatoms. The number of aromatic nitrogens is 3. The Morgan fingerprint density at radius 3 is 2.75 bits per heavy atom. The first-order valence-electron chi connectivity index (χ1n) is 6.43. The highest BCUT2D eigenvalue weighted by molar-refractivity contribution is 9.10. The van der Waals surface area contributed by atoms with Crippen LogP contribution in [0.5, 0.6) is 5.88 Å². The van der Waals surface area contributed by atoms with Crippen molar-refractivity contribution in [3.8, 4) is 5.88 Å². The van der Waals surface area contributed by atoms with Gasteiger partial charge in [-0.05, 0) is 46.6 Å². The van der Waals surface area contributed by atoms with Crippen molar-refractivity contribution in [3.63, 3.8) is 0 Å². The molecule has 2 heterocycles. The van der Waals surface area contributed by atoms with Gasteiger partial charge in [-0.15, -0.1) is 5.10 Å². The average molecular weight is 337 g/mol. The molecule has 0 radical (unpaired) electrons. The number of ether oxygens (including phenoxy) is 1. The van der Waals surface area contributed by atoms with Crippen LogP contribution in [0.1, 0.15) is 24.2 Å². The van der Waals surface area contributed by atoms with E-state index >= 15 is 0 Å². The van der Waals surface area contributed by atoms with E-state index in [0.29, 0.717) is 5.88 Å². The van der Waals surface area contributed by atoms with Gasteiger partial charge in [-0.25, -0.2) is 0 Å². The van der Waals surface area contributed by atoms with E-state index < -0.39 is 0 Å². The second kappa shape index (κ2) is 7.31. The van der Waals surface area contributed by atoms with Gasteiger partial charge in [0.25, 0.3) is 0 Å². The summed E-state index contributed by atoms with van der Waals surface area (Å²) in [6.45, 7) is 2.93. The highest BCUT2D eigenvalue weighted by Gasteiger charge is 2.14. The monoisotopic (exact) mass is 336 g/mol. The zero-order valence-electron chi connectivity index (χ0n) is 11.5. The number of nitrogens with zero attached hydrogens (tertiary/aromatic N) is 3. The highest BCUT2D eigenvalue weighted by Crippen LogP contribution is 2.19. The van der Waals surface area contributed by atoms with Crippen molar-refractivity contribution >= 4 is 15.9 Å². The molecule has 1 atom stereocenters. The molecule has 0 bridgehead atoms. The van der Waals surface area contributed by atoms with Crippen molar-refractivity contribution in [2.45, 2.75) is 19.4 Å². The molecular formula is C14H17BrN4O. The lowest BCUT2D eigenvalue weighted by molar-refractivity contribution is 0.389. The van der Waals surface area contributed by atoms with Gasteiger partial charge in [0.05, 0.1) is 18.8 Å². The number of rotatable bonds is 6. The predicted octanol–water partition coefficient (Wildman–Crippen LogP) is 2.54. The van der Waals surface area contributed by atoms with Crippen LogP contribution in [0.2, 0.25) is 0 Å². The summed E-state index contributed by atoms with van der Waals surface area (Å²) in [7, 11) is 1.58. The largest absolute Gasteiger partial charge is 0.480 e. The smallest absolute Gasteiger partial charge is 0.233 e. The van der Waals surface area contributed by atoms with E-state index in [-0.39, 0.29) is 6.04 Å². The molecule has 0 aromatic carbocycles. The molecule has 1 unspecified atom stereocenters. The van der Waals surface area contributed by atoms with Gasteiger partial charge in [0.2, 0.25) is 5.88 Å². The van der Waals surface area contributed by atoms with Crippen molar-refractivity contribution < 1.29 is 4.74 Å². The number of nitrogens with one attached hydrogen (secondary N) is 1. The van der Waals surface area contributed by atoms with Crippen LogP contribution >= 0.6 is 15.9 Å². The predicted molar refractivity (Wildman–Crippen MR) is 80.6 cm³/mol. The molecule has 106 valence electrons. The normalized spacial score (nSPS) is 12.2.